The molecule has 0 fully saturated rings. The molecule has 10 N–H and O–H groups in total. The minimum atomic E-state index is -2.26. The van der Waals surface area contributed by atoms with Crippen molar-refractivity contribution in [2.75, 3.05) is 27.9 Å². The summed E-state index contributed by atoms with van der Waals surface area (Å²) in [5, 5.41) is 55.9. The maximum Gasteiger partial charge on any atom is 0.410 e. The Kier molecular flexibility index (Phi) is 29.2. The van der Waals surface area contributed by atoms with Crippen molar-refractivity contribution in [3.8, 4) is 68.6 Å². The van der Waals surface area contributed by atoms with E-state index >= 15 is 33.6 Å². The Labute approximate surface area is 748 Å². The van der Waals surface area contributed by atoms with E-state index in [9.17, 15) is 24.9 Å². The predicted octanol–water partition coefficient (Wildman–Crippen LogP) is 14.0. The lowest BCUT2D eigenvalue weighted by atomic mass is 9.89. The van der Waals surface area contributed by atoms with Gasteiger partial charge in [-0.3, -0.25) is 38.5 Å². The summed E-state index contributed by atoms with van der Waals surface area (Å²) >= 11 is 14.5. The molecule has 10 aromatic rings. The number of amides is 8. The third kappa shape index (κ3) is 22.2. The number of carbonyl (C=O) groups is 9. The van der Waals surface area contributed by atoms with Gasteiger partial charge in [0.2, 0.25) is 47.1 Å². The van der Waals surface area contributed by atoms with Gasteiger partial charge < -0.3 is 95.2 Å². The summed E-state index contributed by atoms with van der Waals surface area (Å²) in [6.07, 6.45) is -4.80. The molecule has 128 heavy (non-hydrogen) atoms. The fourth-order valence-electron chi connectivity index (χ4n) is 14.8. The van der Waals surface area contributed by atoms with Crippen LogP contribution in [0.3, 0.4) is 0 Å². The third-order valence-electron chi connectivity index (χ3n) is 21.3. The molecule has 5 heterocycles. The Balaban J connectivity index is 1.03. The number of likely N-dealkylation sites (N-methyl/N-ethyl adjacent to an activating group) is 1. The molecule has 0 aromatic heterocycles. The Morgan fingerprint density at radius 2 is 1.10 bits per heavy atom. The number of halogens is 2. The SMILES string of the molecule is C=CCOc1c2cc3cc1Oc1c(Cl)cc(cc1Cl)[C@@H](O)[C@@H]1NC(=O)[C@H](NC(=O)[C@@H]3NC(=O)[C@H](CC(=O)NC(c3ccc(OC)cc3)c3ccc(OC)cc3)NC(=O)[C@H](NC(=O)[C@@H](CC(C)C)N(C)C(=O)OC(C)(C)C)[C@H](O)c3ccc(cc3)O2)c2ccc(OCc3ccccc3)c(c2)-c2c(OCc3ccccc3)cc(OCc3ccccc3)cc2[C@@H](C(=O)O)NC1=O. The summed E-state index contributed by atoms with van der Waals surface area (Å²) in [4.78, 5) is 142. The zero-order valence-electron chi connectivity index (χ0n) is 71.1. The van der Waals surface area contributed by atoms with Crippen LogP contribution >= 0.6 is 23.2 Å². The number of aliphatic hydroxyl groups is 2. The summed E-state index contributed by atoms with van der Waals surface area (Å²) < 4.78 is 56.6. The molecule has 0 saturated carbocycles. The van der Waals surface area contributed by atoms with Crippen LogP contribution in [-0.2, 0) is 62.9 Å². The lowest BCUT2D eigenvalue weighted by Gasteiger charge is -2.33. The Hall–Kier alpha value is -14.1. The average Bonchev–Trinajstić information content (AvgIpc) is 0.750. The number of hydrogen-bond donors (Lipinski definition) is 10. The van der Waals surface area contributed by atoms with Crippen LogP contribution < -0.4 is 75.1 Å². The van der Waals surface area contributed by atoms with Crippen molar-refractivity contribution in [1.29, 1.82) is 0 Å². The van der Waals surface area contributed by atoms with Crippen molar-refractivity contribution in [1.82, 2.24) is 42.1 Å². The molecule has 0 unspecified atom stereocenters. The van der Waals surface area contributed by atoms with Crippen LogP contribution in [0.15, 0.2) is 231 Å². The van der Waals surface area contributed by atoms with E-state index in [-0.39, 0.29) is 134 Å². The van der Waals surface area contributed by atoms with Gasteiger partial charge in [0.05, 0.1) is 36.7 Å². The molecule has 0 saturated heterocycles. The van der Waals surface area contributed by atoms with Crippen molar-refractivity contribution < 1.29 is 101 Å². The number of carbonyl (C=O) groups excluding carboxylic acids is 8. The normalized spacial score (nSPS) is 18.2. The van der Waals surface area contributed by atoms with Crippen LogP contribution in [-0.4, -0.2) is 131 Å². The van der Waals surface area contributed by atoms with Gasteiger partial charge in [-0.1, -0.05) is 183 Å². The number of hydrogen-bond acceptors (Lipinski definition) is 20. The number of nitrogens with one attached hydrogen (secondary N) is 7. The fourth-order valence-corrected chi connectivity index (χ4v) is 15.4. The molecule has 29 nitrogen and oxygen atoms in total. The Bertz CT molecular complexity index is 5680. The molecule has 5 aliphatic heterocycles. The fraction of sp³-hybridized carbons (Fsp3) is 0.268. The molecule has 5 aliphatic rings. The van der Waals surface area contributed by atoms with E-state index in [0.717, 1.165) is 4.90 Å². The standard InChI is InChI=1S/C97H96Cl2N8O21/c1-10-40-122-88-75-45-61-46-76(88)127-87-69(98)43-62(44-70(87)99)86(110)84-94(116)104-82(95(117)118)68-47-66(123-50-54-20-14-11-15-21-54)48-74(125-52-56-24-18-13-19-25-56)78(68)67-42-60(32-39-73(67)124-51-55-22-16-12-17-23-55)80(91(113)106-84)103-92(114)81(61)102-89(111)71(49-77(108)101-79(57-26-33-63(120-8)34-27-57)58-28-35-64(121-9)36-29-58)100-93(115)83(85(109)59-30-37-65(126-75)38-31-59)105-90(112)72(41-53(2)3)107(7)96(119)128-97(4,5)6/h10-39,42-48,53,71-72,79-86,109-110H,1,40-41,49-52H2,2-9H3,(H,100,115)(H,101,108)(H,102,111)(H,103,114)(H,104,116)(H,105,112)(H,106,113)(H,117,118)/t71-,72+,80+,81+,82-,83+,84-,85+,86+/m0/s1. The van der Waals surface area contributed by atoms with E-state index < -0.39 is 126 Å². The first-order valence-corrected chi connectivity index (χ1v) is 41.8. The van der Waals surface area contributed by atoms with Gasteiger partial charge in [0.1, 0.15) is 115 Å². The van der Waals surface area contributed by atoms with E-state index in [4.69, 9.17) is 65.8 Å². The highest BCUT2D eigenvalue weighted by Crippen LogP contribution is 2.50. The summed E-state index contributed by atoms with van der Waals surface area (Å²) in [5.74, 6) is -10.7. The first kappa shape index (κ1) is 91.6. The minimum Gasteiger partial charge on any atom is -0.497 e. The summed E-state index contributed by atoms with van der Waals surface area (Å²) in [6.45, 7) is 11.7. The van der Waals surface area contributed by atoms with Crippen LogP contribution in [0.4, 0.5) is 4.79 Å². The molecule has 11 bridgehead atoms. The van der Waals surface area contributed by atoms with Crippen LogP contribution in [0, 0.1) is 5.92 Å². The van der Waals surface area contributed by atoms with Gasteiger partial charge >= 0.3 is 12.1 Å². The molecule has 15 rings (SSSR count). The van der Waals surface area contributed by atoms with Crippen LogP contribution in [0.1, 0.15) is 139 Å². The number of nitrogens with zero attached hydrogens (tertiary/aromatic N) is 1. The topological polar surface area (TPSA) is 385 Å². The van der Waals surface area contributed by atoms with Crippen LogP contribution in [0.2, 0.25) is 10.0 Å². The maximum atomic E-state index is 16.9. The largest absolute Gasteiger partial charge is 0.497 e. The summed E-state index contributed by atoms with van der Waals surface area (Å²) in [6, 6.07) is 42.7. The van der Waals surface area contributed by atoms with Crippen molar-refractivity contribution in [3.63, 3.8) is 0 Å². The number of carboxylic acids is 1. The highest BCUT2D eigenvalue weighted by atomic mass is 35.5. The number of aliphatic carboxylic acids is 1. The van der Waals surface area contributed by atoms with Crippen molar-refractivity contribution in [3.05, 3.63) is 297 Å². The molecule has 664 valence electrons. The first-order valence-electron chi connectivity index (χ1n) is 41.0. The number of fused-ring (bicyclic) bond motifs is 15. The van der Waals surface area contributed by atoms with Crippen LogP contribution in [0.5, 0.6) is 57.5 Å². The van der Waals surface area contributed by atoms with E-state index in [1.54, 1.807) is 138 Å². The second-order valence-electron chi connectivity index (χ2n) is 32.1. The molecule has 0 spiro atoms. The van der Waals surface area contributed by atoms with Gasteiger partial charge in [0.15, 0.2) is 23.3 Å². The zero-order chi connectivity index (χ0) is 91.2. The number of aliphatic hydroxyl groups excluding tert-OH is 2. The van der Waals surface area contributed by atoms with E-state index in [2.05, 4.69) is 43.8 Å². The third-order valence-corrected chi connectivity index (χ3v) is 21.8. The van der Waals surface area contributed by atoms with Gasteiger partial charge in [0, 0.05) is 29.8 Å². The van der Waals surface area contributed by atoms with Gasteiger partial charge in [0.25, 0.3) is 0 Å². The van der Waals surface area contributed by atoms with Crippen molar-refractivity contribution >= 4 is 76.6 Å². The van der Waals surface area contributed by atoms with Gasteiger partial charge in [-0.05, 0) is 162 Å². The Morgan fingerprint density at radius 3 is 1.66 bits per heavy atom. The summed E-state index contributed by atoms with van der Waals surface area (Å²) in [7, 11) is 4.29. The maximum absolute atomic E-state index is 16.9. The summed E-state index contributed by atoms with van der Waals surface area (Å²) in [5.41, 5.74) is 1.09. The lowest BCUT2D eigenvalue weighted by Crippen LogP contribution is -2.60. The minimum absolute atomic E-state index is 0.00950. The van der Waals surface area contributed by atoms with E-state index in [0.29, 0.717) is 39.3 Å². The van der Waals surface area contributed by atoms with Crippen molar-refractivity contribution in [2.45, 2.75) is 133 Å². The molecular formula is C97H96Cl2N8O21. The van der Waals surface area contributed by atoms with Gasteiger partial charge in [-0.25, -0.2) is 9.59 Å². The zero-order valence-corrected chi connectivity index (χ0v) is 72.6. The number of ether oxygens (including phenoxy) is 9. The number of methoxy groups -OCH3 is 2. The predicted molar refractivity (Wildman–Crippen MR) is 473 cm³/mol. The van der Waals surface area contributed by atoms with Gasteiger partial charge in [-0.15, -0.1) is 0 Å². The smallest absolute Gasteiger partial charge is 0.410 e. The number of benzene rings is 10. The van der Waals surface area contributed by atoms with Crippen LogP contribution in [0.25, 0.3) is 11.1 Å². The monoisotopic (exact) mass is 1780 g/mol. The number of rotatable bonds is 25. The Morgan fingerprint density at radius 1 is 0.562 bits per heavy atom. The second kappa shape index (κ2) is 40.9. The van der Waals surface area contributed by atoms with Gasteiger partial charge in [-0.2, -0.15) is 0 Å². The molecular weight excluding hydrogens is 1680 g/mol. The first-order chi connectivity index (χ1) is 61.4. The molecule has 31 heteroatoms. The number of carboxylic acid groups (broad SMARTS) is 1. The quantitative estimate of drug-likeness (QED) is 0.0238. The van der Waals surface area contributed by atoms with Crippen molar-refractivity contribution in [2.24, 2.45) is 5.92 Å². The molecule has 0 radical (unpaired) electrons. The second-order valence-corrected chi connectivity index (χ2v) is 32.9. The van der Waals surface area contributed by atoms with E-state index in [1.165, 1.54) is 106 Å². The average molecular weight is 1780 g/mol. The highest BCUT2D eigenvalue weighted by molar-refractivity contribution is 6.37. The molecule has 8 amide bonds. The lowest BCUT2D eigenvalue weighted by molar-refractivity contribution is -0.143. The molecule has 10 aromatic carbocycles. The molecule has 0 aliphatic carbocycles. The van der Waals surface area contributed by atoms with E-state index in [1.807, 2.05) is 36.4 Å². The molecule has 9 atom stereocenters. The highest BCUT2D eigenvalue weighted by Gasteiger charge is 2.44.